The summed E-state index contributed by atoms with van der Waals surface area (Å²) >= 11 is 8.91. The van der Waals surface area contributed by atoms with Gasteiger partial charge in [-0.25, -0.2) is 9.37 Å². The summed E-state index contributed by atoms with van der Waals surface area (Å²) in [6.45, 7) is 0. The van der Waals surface area contributed by atoms with Gasteiger partial charge in [-0.2, -0.15) is 0 Å². The summed E-state index contributed by atoms with van der Waals surface area (Å²) in [5.41, 5.74) is 1.21. The summed E-state index contributed by atoms with van der Waals surface area (Å²) in [7, 11) is 0. The second-order valence-electron chi connectivity index (χ2n) is 2.61. The number of oxazole rings is 1. The molecule has 1 heterocycles. The van der Waals surface area contributed by atoms with E-state index in [0.717, 1.165) is 0 Å². The van der Waals surface area contributed by atoms with Crippen LogP contribution < -0.4 is 0 Å². The number of hydrogen-bond donors (Lipinski definition) is 0. The molecule has 0 saturated carbocycles. The standard InChI is InChI=1S/C9H4BrClFNO/c10-9-13-8(4-14-9)6-2-1-5(12)3-7(6)11/h1-4H. The molecule has 0 aliphatic carbocycles. The highest BCUT2D eigenvalue weighted by atomic mass is 79.9. The van der Waals surface area contributed by atoms with Crippen molar-refractivity contribution < 1.29 is 8.81 Å². The molecule has 0 spiro atoms. The highest BCUT2D eigenvalue weighted by molar-refractivity contribution is 9.10. The molecular weight excluding hydrogens is 272 g/mol. The molecule has 72 valence electrons. The zero-order chi connectivity index (χ0) is 10.1. The predicted molar refractivity (Wildman–Crippen MR) is 54.6 cm³/mol. The van der Waals surface area contributed by atoms with Gasteiger partial charge in [0.05, 0.1) is 5.02 Å². The van der Waals surface area contributed by atoms with E-state index in [1.165, 1.54) is 18.4 Å². The molecule has 2 rings (SSSR count). The Morgan fingerprint density at radius 1 is 1.43 bits per heavy atom. The smallest absolute Gasteiger partial charge is 0.264 e. The average Bonchev–Trinajstić information content (AvgIpc) is 2.51. The fraction of sp³-hybridized carbons (Fsp3) is 0. The minimum Gasteiger partial charge on any atom is -0.439 e. The summed E-state index contributed by atoms with van der Waals surface area (Å²) in [6, 6.07) is 4.12. The van der Waals surface area contributed by atoms with E-state index in [0.29, 0.717) is 21.1 Å². The summed E-state index contributed by atoms with van der Waals surface area (Å²) in [5.74, 6) is -0.374. The number of rotatable bonds is 1. The molecule has 0 aliphatic rings. The average molecular weight is 276 g/mol. The first-order valence-corrected chi connectivity index (χ1v) is 4.90. The highest BCUT2D eigenvalue weighted by Crippen LogP contribution is 2.28. The lowest BCUT2D eigenvalue weighted by molar-refractivity contribution is 0.529. The SMILES string of the molecule is Fc1ccc(-c2coc(Br)n2)c(Cl)c1. The van der Waals surface area contributed by atoms with Crippen molar-refractivity contribution in [3.8, 4) is 11.3 Å². The first-order chi connectivity index (χ1) is 6.66. The van der Waals surface area contributed by atoms with Crippen LogP contribution >= 0.6 is 27.5 Å². The van der Waals surface area contributed by atoms with Crippen molar-refractivity contribution in [3.05, 3.63) is 40.1 Å². The van der Waals surface area contributed by atoms with Gasteiger partial charge in [-0.3, -0.25) is 0 Å². The third kappa shape index (κ3) is 1.81. The first-order valence-electron chi connectivity index (χ1n) is 3.73. The van der Waals surface area contributed by atoms with Gasteiger partial charge in [0.25, 0.3) is 4.80 Å². The fourth-order valence-corrected chi connectivity index (χ4v) is 1.62. The molecule has 1 aromatic carbocycles. The van der Waals surface area contributed by atoms with Crippen LogP contribution in [-0.2, 0) is 0 Å². The topological polar surface area (TPSA) is 26.0 Å². The van der Waals surface area contributed by atoms with Crippen LogP contribution in [-0.4, -0.2) is 4.98 Å². The van der Waals surface area contributed by atoms with Crippen molar-refractivity contribution in [2.24, 2.45) is 0 Å². The van der Waals surface area contributed by atoms with E-state index in [1.807, 2.05) is 0 Å². The van der Waals surface area contributed by atoms with E-state index in [4.69, 9.17) is 16.0 Å². The van der Waals surface area contributed by atoms with Crippen molar-refractivity contribution in [2.75, 3.05) is 0 Å². The zero-order valence-corrected chi connectivity index (χ0v) is 9.14. The molecule has 0 amide bonds. The Hall–Kier alpha value is -0.870. The monoisotopic (exact) mass is 275 g/mol. The number of benzene rings is 1. The Kier molecular flexibility index (Phi) is 2.56. The minimum atomic E-state index is -0.374. The number of hydrogen-bond acceptors (Lipinski definition) is 2. The Morgan fingerprint density at radius 2 is 2.21 bits per heavy atom. The molecule has 0 atom stereocenters. The molecule has 0 fully saturated rings. The lowest BCUT2D eigenvalue weighted by atomic mass is 10.2. The Bertz CT molecular complexity index is 472. The second kappa shape index (κ2) is 3.71. The molecule has 2 aromatic rings. The van der Waals surface area contributed by atoms with Gasteiger partial charge in [-0.15, -0.1) is 0 Å². The van der Waals surface area contributed by atoms with Gasteiger partial charge in [-0.1, -0.05) is 11.6 Å². The maximum atomic E-state index is 12.7. The predicted octanol–water partition coefficient (Wildman–Crippen LogP) is 3.90. The Morgan fingerprint density at radius 3 is 2.79 bits per heavy atom. The van der Waals surface area contributed by atoms with Crippen molar-refractivity contribution in [3.63, 3.8) is 0 Å². The van der Waals surface area contributed by atoms with E-state index < -0.39 is 0 Å². The summed E-state index contributed by atoms with van der Waals surface area (Å²) < 4.78 is 17.7. The van der Waals surface area contributed by atoms with Crippen LogP contribution in [0.5, 0.6) is 0 Å². The summed E-state index contributed by atoms with van der Waals surface area (Å²) in [4.78, 5) is 4.38. The molecule has 1 aromatic heterocycles. The molecule has 0 bridgehead atoms. The van der Waals surface area contributed by atoms with Crippen LogP contribution in [0.15, 0.2) is 33.7 Å². The van der Waals surface area contributed by atoms with E-state index in [-0.39, 0.29) is 5.82 Å². The Labute approximate surface area is 92.8 Å². The van der Waals surface area contributed by atoms with E-state index >= 15 is 0 Å². The third-order valence-electron chi connectivity index (χ3n) is 1.68. The lowest BCUT2D eigenvalue weighted by Crippen LogP contribution is -1.81. The van der Waals surface area contributed by atoms with Gasteiger partial charge < -0.3 is 4.42 Å². The van der Waals surface area contributed by atoms with Gasteiger partial charge in [0.15, 0.2) is 0 Å². The van der Waals surface area contributed by atoms with Crippen LogP contribution in [0, 0.1) is 5.82 Å². The van der Waals surface area contributed by atoms with Gasteiger partial charge in [0.1, 0.15) is 17.8 Å². The fourth-order valence-electron chi connectivity index (χ4n) is 1.07. The normalized spacial score (nSPS) is 10.5. The van der Waals surface area contributed by atoms with Gasteiger partial charge >= 0.3 is 0 Å². The van der Waals surface area contributed by atoms with Crippen molar-refractivity contribution in [1.29, 1.82) is 0 Å². The molecule has 0 radical (unpaired) electrons. The summed E-state index contributed by atoms with van der Waals surface area (Å²) in [5, 5.41) is 0.311. The van der Waals surface area contributed by atoms with Crippen LogP contribution in [0.25, 0.3) is 11.3 Å². The lowest BCUT2D eigenvalue weighted by Gasteiger charge is -1.98. The number of aromatic nitrogens is 1. The van der Waals surface area contributed by atoms with E-state index in [1.54, 1.807) is 6.07 Å². The summed E-state index contributed by atoms with van der Waals surface area (Å²) in [6.07, 6.45) is 1.45. The van der Waals surface area contributed by atoms with Crippen molar-refractivity contribution in [2.45, 2.75) is 0 Å². The maximum absolute atomic E-state index is 12.7. The van der Waals surface area contributed by atoms with Crippen LogP contribution in [0.1, 0.15) is 0 Å². The van der Waals surface area contributed by atoms with Crippen molar-refractivity contribution >= 4 is 27.5 Å². The van der Waals surface area contributed by atoms with E-state index in [2.05, 4.69) is 20.9 Å². The molecule has 2 nitrogen and oxygen atoms in total. The zero-order valence-electron chi connectivity index (χ0n) is 6.80. The molecule has 0 aliphatic heterocycles. The second-order valence-corrected chi connectivity index (χ2v) is 3.70. The van der Waals surface area contributed by atoms with Gasteiger partial charge in [0.2, 0.25) is 0 Å². The van der Waals surface area contributed by atoms with E-state index in [9.17, 15) is 4.39 Å². The number of halogens is 3. The first kappa shape index (κ1) is 9.68. The quantitative estimate of drug-likeness (QED) is 0.789. The number of nitrogens with zero attached hydrogens (tertiary/aromatic N) is 1. The third-order valence-corrected chi connectivity index (χ3v) is 2.36. The van der Waals surface area contributed by atoms with Gasteiger partial charge in [0, 0.05) is 21.5 Å². The molecule has 14 heavy (non-hydrogen) atoms. The Balaban J connectivity index is 2.52. The van der Waals surface area contributed by atoms with Crippen molar-refractivity contribution in [1.82, 2.24) is 4.98 Å². The molecule has 5 heteroatoms. The molecule has 0 N–H and O–H groups in total. The molecular formula is C9H4BrClFNO. The molecule has 0 saturated heterocycles. The van der Waals surface area contributed by atoms with Crippen LogP contribution in [0.4, 0.5) is 4.39 Å². The minimum absolute atomic E-state index is 0.311. The molecule has 0 unspecified atom stereocenters. The van der Waals surface area contributed by atoms with Gasteiger partial charge in [-0.05, 0) is 18.2 Å². The highest BCUT2D eigenvalue weighted by Gasteiger charge is 2.08. The largest absolute Gasteiger partial charge is 0.439 e. The maximum Gasteiger partial charge on any atom is 0.264 e. The van der Waals surface area contributed by atoms with Crippen LogP contribution in [0.3, 0.4) is 0 Å². The van der Waals surface area contributed by atoms with Crippen LogP contribution in [0.2, 0.25) is 5.02 Å².